The van der Waals surface area contributed by atoms with Crippen molar-refractivity contribution in [3.8, 4) is 0 Å². The number of carbonyl (C=O) groups excluding carboxylic acids is 3. The summed E-state index contributed by atoms with van der Waals surface area (Å²) in [6, 6.07) is 6.80. The molecule has 1 fully saturated rings. The Morgan fingerprint density at radius 1 is 1.00 bits per heavy atom. The third-order valence-electron chi connectivity index (χ3n) is 5.02. The van der Waals surface area contributed by atoms with Crippen LogP contribution in [0.1, 0.15) is 30.6 Å². The van der Waals surface area contributed by atoms with Gasteiger partial charge in [0.15, 0.2) is 11.6 Å². The minimum Gasteiger partial charge on any atom is -0.354 e. The van der Waals surface area contributed by atoms with E-state index in [1.807, 2.05) is 11.4 Å². The molecule has 0 aliphatic heterocycles. The maximum absolute atomic E-state index is 13.2. The molecule has 6 nitrogen and oxygen atoms in total. The van der Waals surface area contributed by atoms with Gasteiger partial charge in [0.05, 0.1) is 6.54 Å². The summed E-state index contributed by atoms with van der Waals surface area (Å²) in [6.45, 7) is 0.119. The van der Waals surface area contributed by atoms with Gasteiger partial charge in [0.25, 0.3) is 0 Å². The zero-order valence-electron chi connectivity index (χ0n) is 15.6. The van der Waals surface area contributed by atoms with Gasteiger partial charge in [0.1, 0.15) is 0 Å². The molecule has 1 aliphatic carbocycles. The van der Waals surface area contributed by atoms with Gasteiger partial charge in [0.2, 0.25) is 5.91 Å². The zero-order chi connectivity index (χ0) is 20.9. The van der Waals surface area contributed by atoms with Crippen molar-refractivity contribution in [2.75, 3.05) is 18.4 Å². The second kappa shape index (κ2) is 9.13. The molecule has 0 atom stereocenters. The molecule has 2 aromatic rings. The van der Waals surface area contributed by atoms with Crippen LogP contribution in [0.4, 0.5) is 14.5 Å². The summed E-state index contributed by atoms with van der Waals surface area (Å²) in [5.74, 6) is -4.73. The Kier molecular flexibility index (Phi) is 6.58. The van der Waals surface area contributed by atoms with E-state index in [0.717, 1.165) is 43.9 Å². The second-order valence-electron chi connectivity index (χ2n) is 7.01. The van der Waals surface area contributed by atoms with Crippen molar-refractivity contribution < 1.29 is 23.2 Å². The molecule has 1 saturated carbocycles. The number of amides is 3. The first-order valence-corrected chi connectivity index (χ1v) is 10.1. The number of halogens is 2. The van der Waals surface area contributed by atoms with Crippen LogP contribution < -0.4 is 16.0 Å². The number of hydrogen-bond acceptors (Lipinski definition) is 4. The van der Waals surface area contributed by atoms with Crippen molar-refractivity contribution in [3.63, 3.8) is 0 Å². The summed E-state index contributed by atoms with van der Waals surface area (Å²) in [5, 5.41) is 9.23. The Hall–Kier alpha value is -2.81. The molecule has 0 saturated heterocycles. The fourth-order valence-corrected chi connectivity index (χ4v) is 4.46. The molecule has 3 rings (SSSR count). The van der Waals surface area contributed by atoms with Crippen LogP contribution in [-0.4, -0.2) is 30.8 Å². The van der Waals surface area contributed by atoms with Gasteiger partial charge in [-0.25, -0.2) is 8.78 Å². The van der Waals surface area contributed by atoms with E-state index in [1.165, 1.54) is 4.88 Å². The number of anilines is 1. The van der Waals surface area contributed by atoms with Gasteiger partial charge in [-0.3, -0.25) is 14.4 Å². The molecule has 1 aromatic heterocycles. The number of nitrogens with one attached hydrogen (secondary N) is 3. The molecule has 1 aromatic carbocycles. The Bertz CT molecular complexity index is 896. The summed E-state index contributed by atoms with van der Waals surface area (Å²) in [6.07, 6.45) is 4.21. The zero-order valence-corrected chi connectivity index (χ0v) is 16.4. The van der Waals surface area contributed by atoms with Crippen molar-refractivity contribution in [1.29, 1.82) is 0 Å². The fraction of sp³-hybridized carbons (Fsp3) is 0.350. The monoisotopic (exact) mass is 421 g/mol. The number of rotatable bonds is 6. The minimum absolute atomic E-state index is 0.0624. The van der Waals surface area contributed by atoms with Crippen molar-refractivity contribution >= 4 is 34.7 Å². The van der Waals surface area contributed by atoms with Crippen LogP contribution >= 0.6 is 11.3 Å². The third kappa shape index (κ3) is 5.17. The SMILES string of the molecule is O=C(CNC(=O)C(=O)Nc1ccc(F)c(F)c1)NCC1(c2cccs2)CCCC1. The van der Waals surface area contributed by atoms with E-state index in [9.17, 15) is 23.2 Å². The van der Waals surface area contributed by atoms with Crippen LogP contribution in [0.5, 0.6) is 0 Å². The first-order valence-electron chi connectivity index (χ1n) is 9.24. The van der Waals surface area contributed by atoms with Crippen LogP contribution in [0.25, 0.3) is 0 Å². The molecule has 3 amide bonds. The van der Waals surface area contributed by atoms with E-state index >= 15 is 0 Å². The van der Waals surface area contributed by atoms with Crippen molar-refractivity contribution in [3.05, 3.63) is 52.2 Å². The van der Waals surface area contributed by atoms with Gasteiger partial charge < -0.3 is 16.0 Å². The van der Waals surface area contributed by atoms with Crippen LogP contribution in [0.3, 0.4) is 0 Å². The molecular formula is C20H21F2N3O3S. The Morgan fingerprint density at radius 3 is 2.41 bits per heavy atom. The van der Waals surface area contributed by atoms with Gasteiger partial charge in [-0.1, -0.05) is 18.9 Å². The molecule has 9 heteroatoms. The molecule has 154 valence electrons. The lowest BCUT2D eigenvalue weighted by atomic mass is 9.84. The van der Waals surface area contributed by atoms with Crippen LogP contribution in [0.2, 0.25) is 0 Å². The largest absolute Gasteiger partial charge is 0.354 e. The summed E-state index contributed by atoms with van der Waals surface area (Å²) in [5.41, 5.74) is -0.134. The molecule has 0 unspecified atom stereocenters. The standard InChI is InChI=1S/C20H21F2N3O3S/c21-14-6-5-13(10-15(14)22)25-19(28)18(27)23-11-17(26)24-12-20(7-1-2-8-20)16-4-3-9-29-16/h3-6,9-10H,1-2,7-8,11-12H2,(H,23,27)(H,24,26)(H,25,28). The molecule has 1 heterocycles. The lowest BCUT2D eigenvalue weighted by Crippen LogP contribution is -2.45. The predicted octanol–water partition coefficient (Wildman–Crippen LogP) is 2.71. The van der Waals surface area contributed by atoms with E-state index in [1.54, 1.807) is 11.3 Å². The summed E-state index contributed by atoms with van der Waals surface area (Å²) < 4.78 is 26.0. The molecule has 29 heavy (non-hydrogen) atoms. The van der Waals surface area contributed by atoms with Gasteiger partial charge >= 0.3 is 11.8 Å². The van der Waals surface area contributed by atoms with Gasteiger partial charge in [0, 0.05) is 28.6 Å². The molecule has 1 aliphatic rings. The fourth-order valence-electron chi connectivity index (χ4n) is 3.48. The topological polar surface area (TPSA) is 87.3 Å². The average molecular weight is 421 g/mol. The summed E-state index contributed by atoms with van der Waals surface area (Å²) >= 11 is 1.67. The molecular weight excluding hydrogens is 400 g/mol. The highest BCUT2D eigenvalue weighted by atomic mass is 32.1. The lowest BCUT2D eigenvalue weighted by Gasteiger charge is -2.28. The average Bonchev–Trinajstić information content (AvgIpc) is 3.40. The molecule has 0 bridgehead atoms. The molecule has 3 N–H and O–H groups in total. The quantitative estimate of drug-likeness (QED) is 0.627. The van der Waals surface area contributed by atoms with Crippen molar-refractivity contribution in [1.82, 2.24) is 10.6 Å². The van der Waals surface area contributed by atoms with E-state index in [4.69, 9.17) is 0 Å². The summed E-state index contributed by atoms with van der Waals surface area (Å²) in [4.78, 5) is 37.0. The Morgan fingerprint density at radius 2 is 1.76 bits per heavy atom. The van der Waals surface area contributed by atoms with Crippen LogP contribution in [0.15, 0.2) is 35.7 Å². The third-order valence-corrected chi connectivity index (χ3v) is 6.14. The predicted molar refractivity (Wildman–Crippen MR) is 105 cm³/mol. The first-order chi connectivity index (χ1) is 13.9. The van der Waals surface area contributed by atoms with E-state index in [0.29, 0.717) is 6.54 Å². The van der Waals surface area contributed by atoms with E-state index in [-0.39, 0.29) is 17.6 Å². The van der Waals surface area contributed by atoms with Gasteiger partial charge in [-0.05, 0) is 36.4 Å². The second-order valence-corrected chi connectivity index (χ2v) is 7.95. The van der Waals surface area contributed by atoms with Crippen LogP contribution in [-0.2, 0) is 19.8 Å². The maximum atomic E-state index is 13.2. The number of thiophene rings is 1. The van der Waals surface area contributed by atoms with Crippen molar-refractivity contribution in [2.24, 2.45) is 0 Å². The van der Waals surface area contributed by atoms with Crippen LogP contribution in [0, 0.1) is 11.6 Å². The number of carbonyl (C=O) groups is 3. The summed E-state index contributed by atoms with van der Waals surface area (Å²) in [7, 11) is 0. The Balaban J connectivity index is 1.46. The molecule has 0 spiro atoms. The highest BCUT2D eigenvalue weighted by molar-refractivity contribution is 7.10. The number of hydrogen-bond donors (Lipinski definition) is 3. The van der Waals surface area contributed by atoms with E-state index in [2.05, 4.69) is 22.0 Å². The minimum atomic E-state index is -1.14. The van der Waals surface area contributed by atoms with Gasteiger partial charge in [-0.15, -0.1) is 11.3 Å². The first kappa shape index (κ1) is 20.9. The maximum Gasteiger partial charge on any atom is 0.313 e. The number of benzene rings is 1. The van der Waals surface area contributed by atoms with Crippen molar-refractivity contribution in [2.45, 2.75) is 31.1 Å². The smallest absolute Gasteiger partial charge is 0.313 e. The lowest BCUT2D eigenvalue weighted by molar-refractivity contribution is -0.136. The molecule has 0 radical (unpaired) electrons. The highest BCUT2D eigenvalue weighted by Crippen LogP contribution is 2.42. The van der Waals surface area contributed by atoms with Gasteiger partial charge in [-0.2, -0.15) is 0 Å². The van der Waals surface area contributed by atoms with E-state index < -0.39 is 29.4 Å². The normalized spacial score (nSPS) is 15.0. The highest BCUT2D eigenvalue weighted by Gasteiger charge is 2.36. The Labute approximate surface area is 170 Å².